The normalized spacial score (nSPS) is 25.0. The van der Waals surface area contributed by atoms with Gasteiger partial charge in [0.05, 0.1) is 5.54 Å². The Morgan fingerprint density at radius 1 is 1.32 bits per heavy atom. The van der Waals surface area contributed by atoms with Crippen molar-refractivity contribution in [2.75, 3.05) is 26.3 Å². The molecule has 2 heterocycles. The third-order valence-electron chi connectivity index (χ3n) is 4.69. The molecule has 1 unspecified atom stereocenters. The predicted octanol–water partition coefficient (Wildman–Crippen LogP) is 0.885. The number of benzene rings is 1. The van der Waals surface area contributed by atoms with Crippen molar-refractivity contribution in [2.45, 2.75) is 37.4 Å². The minimum absolute atomic E-state index is 0.0117. The van der Waals surface area contributed by atoms with Gasteiger partial charge in [-0.3, -0.25) is 9.69 Å². The van der Waals surface area contributed by atoms with Crippen LogP contribution in [0.1, 0.15) is 24.8 Å². The number of ether oxygens (including phenoxy) is 1. The maximum Gasteiger partial charge on any atom is 0.240 e. The molecule has 3 N–H and O–H groups in total. The average molecular weight is 303 g/mol. The number of nitrogens with zero attached hydrogens (tertiary/aromatic N) is 1. The van der Waals surface area contributed by atoms with Gasteiger partial charge in [-0.25, -0.2) is 0 Å². The second-order valence-corrected chi connectivity index (χ2v) is 6.45. The smallest absolute Gasteiger partial charge is 0.240 e. The van der Waals surface area contributed by atoms with Crippen molar-refractivity contribution >= 4 is 5.91 Å². The summed E-state index contributed by atoms with van der Waals surface area (Å²) in [6.45, 7) is 4.01. The molecule has 2 saturated heterocycles. The third kappa shape index (κ3) is 3.66. The van der Waals surface area contributed by atoms with E-state index in [0.29, 0.717) is 26.1 Å². The van der Waals surface area contributed by atoms with Gasteiger partial charge in [0.15, 0.2) is 0 Å². The van der Waals surface area contributed by atoms with Gasteiger partial charge in [-0.1, -0.05) is 30.3 Å². The molecule has 0 radical (unpaired) electrons. The molecule has 0 saturated carbocycles. The van der Waals surface area contributed by atoms with Gasteiger partial charge in [-0.2, -0.15) is 0 Å². The maximum atomic E-state index is 12.4. The summed E-state index contributed by atoms with van der Waals surface area (Å²) in [6.07, 6.45) is 2.21. The fourth-order valence-corrected chi connectivity index (χ4v) is 3.23. The Hall–Kier alpha value is -1.43. The fraction of sp³-hybridized carbons (Fsp3) is 0.588. The summed E-state index contributed by atoms with van der Waals surface area (Å²) in [6, 6.07) is 10.7. The highest BCUT2D eigenvalue weighted by Crippen LogP contribution is 2.19. The molecule has 0 spiro atoms. The first-order valence-corrected chi connectivity index (χ1v) is 8.10. The van der Waals surface area contributed by atoms with Crippen LogP contribution in [0.15, 0.2) is 30.3 Å². The number of amides is 1. The van der Waals surface area contributed by atoms with Crippen LogP contribution in [0.2, 0.25) is 0 Å². The van der Waals surface area contributed by atoms with Crippen molar-refractivity contribution in [3.05, 3.63) is 35.9 Å². The molecule has 1 aromatic rings. The number of hydrogen-bond donors (Lipinski definition) is 2. The average Bonchev–Trinajstić information content (AvgIpc) is 2.96. The summed E-state index contributed by atoms with van der Waals surface area (Å²) in [5.41, 5.74) is 6.80. The summed E-state index contributed by atoms with van der Waals surface area (Å²) in [5, 5.41) is 3.14. The Balaban J connectivity index is 1.49. The molecule has 1 aromatic carbocycles. The summed E-state index contributed by atoms with van der Waals surface area (Å²) in [7, 11) is 0. The minimum Gasteiger partial charge on any atom is -0.381 e. The zero-order chi connectivity index (χ0) is 15.4. The van der Waals surface area contributed by atoms with E-state index >= 15 is 0 Å². The first-order valence-electron chi connectivity index (χ1n) is 8.10. The van der Waals surface area contributed by atoms with Crippen LogP contribution in [-0.2, 0) is 16.1 Å². The van der Waals surface area contributed by atoms with Crippen LogP contribution in [0.5, 0.6) is 0 Å². The molecule has 2 fully saturated rings. The van der Waals surface area contributed by atoms with Crippen LogP contribution in [0.4, 0.5) is 0 Å². The van der Waals surface area contributed by atoms with Crippen molar-refractivity contribution in [1.29, 1.82) is 0 Å². The molecule has 2 aliphatic rings. The van der Waals surface area contributed by atoms with E-state index in [2.05, 4.69) is 34.5 Å². The maximum absolute atomic E-state index is 12.4. The molecule has 2 aliphatic heterocycles. The highest BCUT2D eigenvalue weighted by Gasteiger charge is 2.37. The van der Waals surface area contributed by atoms with E-state index in [1.807, 2.05) is 6.07 Å². The van der Waals surface area contributed by atoms with Gasteiger partial charge < -0.3 is 15.8 Å². The van der Waals surface area contributed by atoms with Crippen molar-refractivity contribution < 1.29 is 9.53 Å². The largest absolute Gasteiger partial charge is 0.381 e. The molecule has 1 atom stereocenters. The number of nitrogens with one attached hydrogen (secondary N) is 1. The van der Waals surface area contributed by atoms with E-state index < -0.39 is 5.54 Å². The quantitative estimate of drug-likeness (QED) is 0.867. The molecular formula is C17H25N3O2. The van der Waals surface area contributed by atoms with E-state index in [4.69, 9.17) is 10.5 Å². The third-order valence-corrected chi connectivity index (χ3v) is 4.69. The minimum atomic E-state index is -0.745. The second kappa shape index (κ2) is 6.77. The lowest BCUT2D eigenvalue weighted by Crippen LogP contribution is -2.58. The van der Waals surface area contributed by atoms with Crippen LogP contribution in [0, 0.1) is 0 Å². The number of hydrogen-bond acceptors (Lipinski definition) is 4. The van der Waals surface area contributed by atoms with Crippen molar-refractivity contribution in [2.24, 2.45) is 5.73 Å². The van der Waals surface area contributed by atoms with E-state index in [1.165, 1.54) is 5.56 Å². The van der Waals surface area contributed by atoms with Gasteiger partial charge >= 0.3 is 0 Å². The molecule has 5 heteroatoms. The Labute approximate surface area is 131 Å². The molecule has 1 amide bonds. The molecule has 5 nitrogen and oxygen atoms in total. The number of likely N-dealkylation sites (tertiary alicyclic amines) is 1. The molecule has 22 heavy (non-hydrogen) atoms. The molecule has 3 rings (SSSR count). The number of nitrogens with two attached hydrogens (primary N) is 1. The topological polar surface area (TPSA) is 67.6 Å². The lowest BCUT2D eigenvalue weighted by atomic mass is 9.90. The van der Waals surface area contributed by atoms with Gasteiger partial charge in [0.1, 0.15) is 0 Å². The van der Waals surface area contributed by atoms with Gasteiger partial charge in [-0.15, -0.1) is 0 Å². The highest BCUT2D eigenvalue weighted by atomic mass is 16.5. The Morgan fingerprint density at radius 2 is 2.05 bits per heavy atom. The van der Waals surface area contributed by atoms with Crippen LogP contribution in [-0.4, -0.2) is 48.7 Å². The SMILES string of the molecule is NC1(C(=O)NC2CCN(Cc3ccccc3)C2)CCOCC1. The fourth-order valence-electron chi connectivity index (χ4n) is 3.23. The number of carbonyl (C=O) groups excluding carboxylic acids is 1. The van der Waals surface area contributed by atoms with Crippen LogP contribution in [0.3, 0.4) is 0 Å². The van der Waals surface area contributed by atoms with Gasteiger partial charge in [0.2, 0.25) is 5.91 Å². The predicted molar refractivity (Wildman–Crippen MR) is 85.2 cm³/mol. The lowest BCUT2D eigenvalue weighted by molar-refractivity contribution is -0.130. The first-order chi connectivity index (χ1) is 10.7. The zero-order valence-corrected chi connectivity index (χ0v) is 13.0. The monoisotopic (exact) mass is 303 g/mol. The Morgan fingerprint density at radius 3 is 2.77 bits per heavy atom. The summed E-state index contributed by atoms with van der Waals surface area (Å²) < 4.78 is 5.30. The highest BCUT2D eigenvalue weighted by molar-refractivity contribution is 5.86. The van der Waals surface area contributed by atoms with Gasteiger partial charge in [0.25, 0.3) is 0 Å². The summed E-state index contributed by atoms with van der Waals surface area (Å²) in [4.78, 5) is 14.8. The Kier molecular flexibility index (Phi) is 4.76. The molecular weight excluding hydrogens is 278 g/mol. The molecule has 0 bridgehead atoms. The van der Waals surface area contributed by atoms with Crippen LogP contribution >= 0.6 is 0 Å². The standard InChI is InChI=1S/C17H25N3O2/c18-17(7-10-22-11-8-17)16(21)19-15-6-9-20(13-15)12-14-4-2-1-3-5-14/h1-5,15H,6-13,18H2,(H,19,21). The second-order valence-electron chi connectivity index (χ2n) is 6.45. The molecule has 0 aliphatic carbocycles. The number of carbonyl (C=O) groups is 1. The van der Waals surface area contributed by atoms with E-state index in [1.54, 1.807) is 0 Å². The van der Waals surface area contributed by atoms with Crippen LogP contribution < -0.4 is 11.1 Å². The first kappa shape index (κ1) is 15.5. The van der Waals surface area contributed by atoms with E-state index in [0.717, 1.165) is 26.1 Å². The molecule has 120 valence electrons. The van der Waals surface area contributed by atoms with Crippen LogP contribution in [0.25, 0.3) is 0 Å². The van der Waals surface area contributed by atoms with Gasteiger partial charge in [0, 0.05) is 38.9 Å². The van der Waals surface area contributed by atoms with Gasteiger partial charge in [-0.05, 0) is 24.8 Å². The molecule has 0 aromatic heterocycles. The zero-order valence-electron chi connectivity index (χ0n) is 13.0. The van der Waals surface area contributed by atoms with E-state index in [-0.39, 0.29) is 11.9 Å². The van der Waals surface area contributed by atoms with Crippen molar-refractivity contribution in [3.63, 3.8) is 0 Å². The lowest BCUT2D eigenvalue weighted by Gasteiger charge is -2.32. The van der Waals surface area contributed by atoms with Crippen molar-refractivity contribution in [1.82, 2.24) is 10.2 Å². The number of rotatable bonds is 4. The van der Waals surface area contributed by atoms with E-state index in [9.17, 15) is 4.79 Å². The Bertz CT molecular complexity index is 500. The van der Waals surface area contributed by atoms with Crippen molar-refractivity contribution in [3.8, 4) is 0 Å². The summed E-state index contributed by atoms with van der Waals surface area (Å²) in [5.74, 6) is -0.0117. The summed E-state index contributed by atoms with van der Waals surface area (Å²) >= 11 is 0.